The average molecular weight is 497 g/mol. The van der Waals surface area contributed by atoms with Crippen LogP contribution in [0.3, 0.4) is 0 Å². The lowest BCUT2D eigenvalue weighted by atomic mass is 9.93. The number of nitriles is 1. The molecule has 2 aromatic rings. The Kier molecular flexibility index (Phi) is 8.17. The molecule has 0 radical (unpaired) electrons. The molecule has 1 heterocycles. The lowest BCUT2D eigenvalue weighted by molar-refractivity contribution is -0.139. The molecule has 0 atom stereocenters. The largest absolute Gasteiger partial charge is 0.490 e. The van der Waals surface area contributed by atoms with E-state index in [1.165, 1.54) is 6.08 Å². The maximum Gasteiger partial charge on any atom is 0.271 e. The van der Waals surface area contributed by atoms with Crippen LogP contribution in [-0.4, -0.2) is 29.9 Å². The first-order valence-corrected chi connectivity index (χ1v) is 11.2. The van der Waals surface area contributed by atoms with E-state index in [4.69, 9.17) is 32.7 Å². The molecule has 8 heteroatoms. The molecule has 0 saturated carbocycles. The highest BCUT2D eigenvalue weighted by atomic mass is 35.5. The van der Waals surface area contributed by atoms with Crippen molar-refractivity contribution in [2.75, 3.05) is 13.2 Å². The van der Waals surface area contributed by atoms with Gasteiger partial charge in [0.25, 0.3) is 11.8 Å². The fraction of sp³-hybridized carbons (Fsp3) is 0.192. The Balaban J connectivity index is 1.95. The van der Waals surface area contributed by atoms with E-state index >= 15 is 0 Å². The zero-order valence-corrected chi connectivity index (χ0v) is 20.2. The molecule has 0 aromatic heterocycles. The molecular weight excluding hydrogens is 475 g/mol. The second-order valence-corrected chi connectivity index (χ2v) is 8.19. The lowest BCUT2D eigenvalue weighted by Gasteiger charge is -2.26. The molecular formula is C26H22Cl2N2O4. The van der Waals surface area contributed by atoms with Crippen molar-refractivity contribution in [3.8, 4) is 17.6 Å². The third-order valence-corrected chi connectivity index (χ3v) is 5.70. The van der Waals surface area contributed by atoms with Crippen molar-refractivity contribution >= 4 is 41.1 Å². The summed E-state index contributed by atoms with van der Waals surface area (Å²) >= 11 is 12.2. The van der Waals surface area contributed by atoms with Gasteiger partial charge in [0, 0.05) is 27.7 Å². The van der Waals surface area contributed by atoms with E-state index in [1.807, 2.05) is 13.0 Å². The Morgan fingerprint density at radius 3 is 2.50 bits per heavy atom. The minimum Gasteiger partial charge on any atom is -0.490 e. The van der Waals surface area contributed by atoms with Crippen LogP contribution in [-0.2, 0) is 16.2 Å². The van der Waals surface area contributed by atoms with Gasteiger partial charge in [0.1, 0.15) is 18.2 Å². The van der Waals surface area contributed by atoms with Crippen LogP contribution in [0.4, 0.5) is 0 Å². The first-order valence-electron chi connectivity index (χ1n) is 10.4. The van der Waals surface area contributed by atoms with Gasteiger partial charge in [-0.25, -0.2) is 0 Å². The number of imide groups is 1. The number of carbonyl (C=O) groups is 2. The van der Waals surface area contributed by atoms with Gasteiger partial charge in [-0.05, 0) is 55.3 Å². The first-order chi connectivity index (χ1) is 16.3. The van der Waals surface area contributed by atoms with Gasteiger partial charge >= 0.3 is 0 Å². The number of hydrogen-bond donors (Lipinski definition) is 0. The molecule has 6 nitrogen and oxygen atoms in total. The molecule has 1 aliphatic rings. The summed E-state index contributed by atoms with van der Waals surface area (Å²) in [7, 11) is 0. The SMILES string of the molecule is C=CCN1C(=O)C(C#N)=C(C)/C(=C\c2ccc(OCc3ccc(Cl)cc3Cl)c(OCC)c2)C1=O. The minimum atomic E-state index is -0.623. The monoisotopic (exact) mass is 496 g/mol. The third kappa shape index (κ3) is 5.33. The third-order valence-electron chi connectivity index (χ3n) is 5.11. The van der Waals surface area contributed by atoms with Gasteiger partial charge in [0.15, 0.2) is 11.5 Å². The van der Waals surface area contributed by atoms with E-state index in [0.717, 1.165) is 10.5 Å². The molecule has 2 amide bonds. The highest BCUT2D eigenvalue weighted by Gasteiger charge is 2.34. The molecule has 3 rings (SSSR count). The summed E-state index contributed by atoms with van der Waals surface area (Å²) in [6.45, 7) is 7.64. The summed E-state index contributed by atoms with van der Waals surface area (Å²) in [6, 6.07) is 12.3. The summed E-state index contributed by atoms with van der Waals surface area (Å²) in [5.41, 5.74) is 1.92. The molecule has 0 fully saturated rings. The van der Waals surface area contributed by atoms with Crippen LogP contribution in [0.2, 0.25) is 10.0 Å². The van der Waals surface area contributed by atoms with Crippen LogP contribution >= 0.6 is 23.2 Å². The van der Waals surface area contributed by atoms with Crippen LogP contribution in [0, 0.1) is 11.3 Å². The van der Waals surface area contributed by atoms with Crippen molar-refractivity contribution in [2.45, 2.75) is 20.5 Å². The van der Waals surface area contributed by atoms with Crippen molar-refractivity contribution in [3.05, 3.63) is 86.9 Å². The standard InChI is InChI=1S/C26H22Cl2N2O4/c1-4-10-30-25(31)20(16(3)21(14-29)26(30)32)11-17-6-9-23(24(12-17)33-5-2)34-15-18-7-8-19(27)13-22(18)28/h4,6-9,11-13H,1,5,10,15H2,2-3H3/b20-11+. The van der Waals surface area contributed by atoms with Gasteiger partial charge in [-0.15, -0.1) is 6.58 Å². The molecule has 0 bridgehead atoms. The average Bonchev–Trinajstić information content (AvgIpc) is 2.80. The second-order valence-electron chi connectivity index (χ2n) is 7.34. The molecule has 0 unspecified atom stereocenters. The first kappa shape index (κ1) is 25.1. The zero-order chi connectivity index (χ0) is 24.8. The van der Waals surface area contributed by atoms with Crippen molar-refractivity contribution in [3.63, 3.8) is 0 Å². The summed E-state index contributed by atoms with van der Waals surface area (Å²) in [4.78, 5) is 26.4. The molecule has 1 aliphatic heterocycles. The summed E-state index contributed by atoms with van der Waals surface area (Å²) < 4.78 is 11.7. The van der Waals surface area contributed by atoms with Crippen LogP contribution in [0.15, 0.2) is 65.8 Å². The van der Waals surface area contributed by atoms with Crippen molar-refractivity contribution < 1.29 is 19.1 Å². The smallest absolute Gasteiger partial charge is 0.271 e. The van der Waals surface area contributed by atoms with Crippen LogP contribution in [0.25, 0.3) is 6.08 Å². The minimum absolute atomic E-state index is 0.0116. The van der Waals surface area contributed by atoms with E-state index in [9.17, 15) is 14.9 Å². The molecule has 0 spiro atoms. The molecule has 0 N–H and O–H groups in total. The fourth-order valence-electron chi connectivity index (χ4n) is 3.39. The zero-order valence-electron chi connectivity index (χ0n) is 18.7. The number of benzene rings is 2. The van der Waals surface area contributed by atoms with E-state index in [1.54, 1.807) is 49.4 Å². The Morgan fingerprint density at radius 1 is 1.09 bits per heavy atom. The number of amides is 2. The Labute approximate surface area is 208 Å². The van der Waals surface area contributed by atoms with Crippen molar-refractivity contribution in [2.24, 2.45) is 0 Å². The van der Waals surface area contributed by atoms with E-state index in [2.05, 4.69) is 6.58 Å². The number of hydrogen-bond acceptors (Lipinski definition) is 5. The molecule has 34 heavy (non-hydrogen) atoms. The number of nitrogens with zero attached hydrogens (tertiary/aromatic N) is 2. The topological polar surface area (TPSA) is 79.6 Å². The second kappa shape index (κ2) is 11.1. The maximum atomic E-state index is 13.0. The number of halogens is 2. The Morgan fingerprint density at radius 2 is 1.85 bits per heavy atom. The predicted molar refractivity (Wildman–Crippen MR) is 132 cm³/mol. The predicted octanol–water partition coefficient (Wildman–Crippen LogP) is 5.75. The van der Waals surface area contributed by atoms with Crippen LogP contribution in [0.1, 0.15) is 25.0 Å². The molecule has 174 valence electrons. The van der Waals surface area contributed by atoms with Gasteiger partial charge in [0.05, 0.1) is 6.61 Å². The summed E-state index contributed by atoms with van der Waals surface area (Å²) in [6.07, 6.45) is 3.06. The summed E-state index contributed by atoms with van der Waals surface area (Å²) in [5.74, 6) is -0.136. The lowest BCUT2D eigenvalue weighted by Crippen LogP contribution is -2.42. The molecule has 0 saturated heterocycles. The van der Waals surface area contributed by atoms with E-state index in [-0.39, 0.29) is 24.3 Å². The summed E-state index contributed by atoms with van der Waals surface area (Å²) in [5, 5.41) is 10.5. The maximum absolute atomic E-state index is 13.0. The highest BCUT2D eigenvalue weighted by Crippen LogP contribution is 2.33. The molecule has 2 aromatic carbocycles. The van der Waals surface area contributed by atoms with Crippen LogP contribution < -0.4 is 9.47 Å². The van der Waals surface area contributed by atoms with E-state index < -0.39 is 11.8 Å². The van der Waals surface area contributed by atoms with Gasteiger partial charge in [-0.2, -0.15) is 5.26 Å². The quantitative estimate of drug-likeness (QED) is 0.264. The van der Waals surface area contributed by atoms with Gasteiger partial charge < -0.3 is 9.47 Å². The number of ether oxygens (including phenoxy) is 2. The van der Waals surface area contributed by atoms with Crippen LogP contribution in [0.5, 0.6) is 11.5 Å². The Bertz CT molecular complexity index is 1260. The Hall–Kier alpha value is -3.53. The van der Waals surface area contributed by atoms with Gasteiger partial charge in [-0.3, -0.25) is 14.5 Å². The van der Waals surface area contributed by atoms with Gasteiger partial charge in [-0.1, -0.05) is 41.4 Å². The fourth-order valence-corrected chi connectivity index (χ4v) is 3.85. The molecule has 0 aliphatic carbocycles. The number of rotatable bonds is 8. The number of carbonyl (C=O) groups excluding carboxylic acids is 2. The van der Waals surface area contributed by atoms with E-state index in [0.29, 0.717) is 39.3 Å². The van der Waals surface area contributed by atoms with Crippen molar-refractivity contribution in [1.29, 1.82) is 5.26 Å². The van der Waals surface area contributed by atoms with Gasteiger partial charge in [0.2, 0.25) is 0 Å². The normalized spacial score (nSPS) is 14.9. The van der Waals surface area contributed by atoms with Crippen molar-refractivity contribution in [1.82, 2.24) is 4.90 Å². The highest BCUT2D eigenvalue weighted by molar-refractivity contribution is 6.35.